The molecule has 0 aliphatic rings. The van der Waals surface area contributed by atoms with E-state index in [4.69, 9.17) is 9.84 Å². The zero-order chi connectivity index (χ0) is 19.7. The quantitative estimate of drug-likeness (QED) is 0.717. The number of benzene rings is 2. The van der Waals surface area contributed by atoms with Gasteiger partial charge in [0.05, 0.1) is 12.0 Å². The summed E-state index contributed by atoms with van der Waals surface area (Å²) in [5, 5.41) is 9.00. The van der Waals surface area contributed by atoms with E-state index in [0.717, 1.165) is 12.1 Å². The number of ether oxygens (including phenoxy) is 1. The Hall–Kier alpha value is -2.78. The van der Waals surface area contributed by atoms with E-state index in [-0.39, 0.29) is 6.07 Å². The molecule has 0 aliphatic heterocycles. The monoisotopic (exact) mass is 382 g/mol. The summed E-state index contributed by atoms with van der Waals surface area (Å²) in [4.78, 5) is 11.2. The van der Waals surface area contributed by atoms with Gasteiger partial charge in [-0.2, -0.15) is 26.3 Å². The fourth-order valence-electron chi connectivity index (χ4n) is 2.15. The van der Waals surface area contributed by atoms with Gasteiger partial charge < -0.3 is 9.84 Å². The minimum Gasteiger partial charge on any atom is -0.477 e. The third kappa shape index (κ3) is 4.44. The normalized spacial score (nSPS) is 12.1. The molecule has 0 atom stereocenters. The fourth-order valence-corrected chi connectivity index (χ4v) is 2.15. The summed E-state index contributed by atoms with van der Waals surface area (Å²) in [6.45, 7) is 0. The van der Waals surface area contributed by atoms with Crippen molar-refractivity contribution < 1.29 is 45.4 Å². The summed E-state index contributed by atoms with van der Waals surface area (Å²) >= 11 is 0. The van der Waals surface area contributed by atoms with Crippen LogP contribution in [-0.4, -0.2) is 17.3 Å². The highest BCUT2D eigenvalue weighted by Crippen LogP contribution is 2.38. The molecule has 3 nitrogen and oxygen atoms in total. The zero-order valence-electron chi connectivity index (χ0n) is 12.6. The number of carboxylic acid groups (broad SMARTS) is 1. The first-order chi connectivity index (χ1) is 11.9. The Kier molecular flexibility index (Phi) is 5.15. The molecule has 0 saturated heterocycles. The van der Waals surface area contributed by atoms with Crippen molar-refractivity contribution in [1.82, 2.24) is 0 Å². The van der Waals surface area contributed by atoms with Gasteiger partial charge in [-0.1, -0.05) is 18.2 Å². The van der Waals surface area contributed by atoms with Crippen molar-refractivity contribution in [3.05, 3.63) is 58.9 Å². The zero-order valence-corrected chi connectivity index (χ0v) is 12.6. The Morgan fingerprint density at radius 1 is 0.962 bits per heavy atom. The molecule has 0 unspecified atom stereocenters. The van der Waals surface area contributed by atoms with Gasteiger partial charge in [0.15, 0.2) is 5.82 Å². The van der Waals surface area contributed by atoms with E-state index in [2.05, 4.69) is 0 Å². The Morgan fingerprint density at radius 3 is 2.12 bits per heavy atom. The van der Waals surface area contributed by atoms with Gasteiger partial charge in [0.25, 0.3) is 0 Å². The second-order valence-electron chi connectivity index (χ2n) is 5.10. The van der Waals surface area contributed by atoms with Crippen molar-refractivity contribution in [1.29, 1.82) is 0 Å². The van der Waals surface area contributed by atoms with E-state index in [9.17, 15) is 35.5 Å². The average Bonchev–Trinajstić information content (AvgIpc) is 2.46. The molecule has 0 radical (unpaired) electrons. The van der Waals surface area contributed by atoms with Crippen LogP contribution in [0.5, 0.6) is 11.5 Å². The molecule has 0 heterocycles. The lowest BCUT2D eigenvalue weighted by atomic mass is 10.1. The van der Waals surface area contributed by atoms with Gasteiger partial charge in [-0.25, -0.2) is 9.18 Å². The summed E-state index contributed by atoms with van der Waals surface area (Å²) < 4.78 is 94.9. The molecular formula is C16H9F7O3. The number of aromatic carboxylic acids is 1. The predicted molar refractivity (Wildman–Crippen MR) is 74.6 cm³/mol. The maximum Gasteiger partial charge on any atom is 0.419 e. The number of para-hydroxylation sites is 1. The molecule has 0 aliphatic carbocycles. The molecule has 26 heavy (non-hydrogen) atoms. The van der Waals surface area contributed by atoms with Crippen molar-refractivity contribution in [2.45, 2.75) is 18.8 Å². The molecule has 0 bridgehead atoms. The highest BCUT2D eigenvalue weighted by molar-refractivity contribution is 5.91. The van der Waals surface area contributed by atoms with E-state index in [0.29, 0.717) is 6.07 Å². The van der Waals surface area contributed by atoms with Gasteiger partial charge in [-0.3, -0.25) is 0 Å². The molecule has 0 fully saturated rings. The lowest BCUT2D eigenvalue weighted by Crippen LogP contribution is -2.14. The first kappa shape index (κ1) is 19.5. The lowest BCUT2D eigenvalue weighted by Gasteiger charge is -2.16. The lowest BCUT2D eigenvalue weighted by molar-refractivity contribution is -0.140. The molecule has 2 aromatic carbocycles. The highest BCUT2D eigenvalue weighted by atomic mass is 19.4. The largest absolute Gasteiger partial charge is 0.477 e. The van der Waals surface area contributed by atoms with Gasteiger partial charge in [0.1, 0.15) is 17.1 Å². The molecule has 0 amide bonds. The maximum atomic E-state index is 14.0. The Morgan fingerprint density at radius 2 is 1.58 bits per heavy atom. The number of carbonyl (C=O) groups is 1. The van der Waals surface area contributed by atoms with Crippen LogP contribution in [0.25, 0.3) is 0 Å². The summed E-state index contributed by atoms with van der Waals surface area (Å²) in [7, 11) is 0. The van der Waals surface area contributed by atoms with Gasteiger partial charge >= 0.3 is 18.3 Å². The summed E-state index contributed by atoms with van der Waals surface area (Å²) in [6, 6.07) is 5.44. The van der Waals surface area contributed by atoms with Crippen LogP contribution >= 0.6 is 0 Å². The highest BCUT2D eigenvalue weighted by Gasteiger charge is 2.37. The minimum atomic E-state index is -5.15. The van der Waals surface area contributed by atoms with Crippen LogP contribution in [0.15, 0.2) is 36.4 Å². The Bertz CT molecular complexity index is 826. The second-order valence-corrected chi connectivity index (χ2v) is 5.10. The summed E-state index contributed by atoms with van der Waals surface area (Å²) in [5.41, 5.74) is -3.65. The minimum absolute atomic E-state index is 0.253. The van der Waals surface area contributed by atoms with Crippen LogP contribution in [0.1, 0.15) is 21.5 Å². The van der Waals surface area contributed by atoms with Crippen molar-refractivity contribution in [2.75, 3.05) is 0 Å². The van der Waals surface area contributed by atoms with Crippen molar-refractivity contribution in [2.24, 2.45) is 0 Å². The molecular weight excluding hydrogens is 373 g/mol. The molecule has 2 aromatic rings. The fraction of sp³-hybridized carbons (Fsp3) is 0.188. The number of alkyl halides is 6. The summed E-state index contributed by atoms with van der Waals surface area (Å²) in [5.74, 6) is -5.45. The van der Waals surface area contributed by atoms with E-state index in [1.54, 1.807) is 0 Å². The van der Waals surface area contributed by atoms with E-state index in [1.807, 2.05) is 0 Å². The molecule has 2 rings (SSSR count). The van der Waals surface area contributed by atoms with E-state index < -0.39 is 58.7 Å². The predicted octanol–water partition coefficient (Wildman–Crippen LogP) is 5.44. The number of rotatable bonds is 4. The van der Waals surface area contributed by atoms with Crippen molar-refractivity contribution in [3.63, 3.8) is 0 Å². The molecule has 0 saturated carbocycles. The number of carboxylic acids is 1. The maximum absolute atomic E-state index is 14.0. The number of halogens is 7. The van der Waals surface area contributed by atoms with E-state index >= 15 is 0 Å². The van der Waals surface area contributed by atoms with Gasteiger partial charge in [0.2, 0.25) is 0 Å². The van der Waals surface area contributed by atoms with Gasteiger partial charge in [-0.15, -0.1) is 0 Å². The third-order valence-corrected chi connectivity index (χ3v) is 3.21. The molecule has 0 aromatic heterocycles. The van der Waals surface area contributed by atoms with Crippen molar-refractivity contribution in [3.8, 4) is 11.5 Å². The first-order valence-corrected chi connectivity index (χ1v) is 6.85. The SMILES string of the molecule is O=C(O)c1c(Oc2ccccc2CC(F)(F)F)ccc(C(F)(F)F)c1F. The smallest absolute Gasteiger partial charge is 0.419 e. The topological polar surface area (TPSA) is 46.5 Å². The third-order valence-electron chi connectivity index (χ3n) is 3.21. The summed E-state index contributed by atoms with van der Waals surface area (Å²) in [6.07, 6.45) is -11.2. The van der Waals surface area contributed by atoms with E-state index in [1.165, 1.54) is 12.1 Å². The average molecular weight is 382 g/mol. The van der Waals surface area contributed by atoms with Crippen LogP contribution in [0.2, 0.25) is 0 Å². The van der Waals surface area contributed by atoms with Crippen LogP contribution in [-0.2, 0) is 12.6 Å². The molecule has 1 N–H and O–H groups in total. The van der Waals surface area contributed by atoms with Crippen molar-refractivity contribution >= 4 is 5.97 Å². The van der Waals surface area contributed by atoms with Crippen LogP contribution in [0.3, 0.4) is 0 Å². The van der Waals surface area contributed by atoms with Crippen LogP contribution in [0, 0.1) is 5.82 Å². The van der Waals surface area contributed by atoms with Crippen LogP contribution < -0.4 is 4.74 Å². The Balaban J connectivity index is 2.52. The second kappa shape index (κ2) is 6.85. The standard InChI is InChI=1S/C16H9F7O3/c17-13-9(16(21,22)23)5-6-11(12(13)14(24)25)26-10-4-2-1-3-8(10)7-15(18,19)20/h1-6H,7H2,(H,24,25). The molecule has 10 heteroatoms. The molecule has 140 valence electrons. The first-order valence-electron chi connectivity index (χ1n) is 6.85. The van der Waals surface area contributed by atoms with Gasteiger partial charge in [0, 0.05) is 5.56 Å². The number of hydrogen-bond acceptors (Lipinski definition) is 2. The Labute approximate surface area is 141 Å². The van der Waals surface area contributed by atoms with Gasteiger partial charge in [-0.05, 0) is 18.2 Å². The van der Waals surface area contributed by atoms with Crippen LogP contribution in [0.4, 0.5) is 30.7 Å². The molecule has 0 spiro atoms. The number of hydrogen-bond donors (Lipinski definition) is 1.